The summed E-state index contributed by atoms with van der Waals surface area (Å²) in [5.41, 5.74) is 4.92. The van der Waals surface area contributed by atoms with E-state index >= 15 is 0 Å². The molecule has 4 aromatic heterocycles. The van der Waals surface area contributed by atoms with E-state index in [-0.39, 0.29) is 34.0 Å². The standard InChI is InChI=1S/C24H22N8O5/c1-24(2,3)36-23(35)31(4)15-10-16(29-19-18(15)30-37-20(19)21(26)33)28-14-6-5-9-32(22(14)34)17-8-7-13(11-25)12-27-17/h5-10,12H,1-4H3,(H2,26,33)(H,28,29). The number of nitrogens with one attached hydrogen (secondary N) is 1. The Labute approximate surface area is 210 Å². The third-order valence-corrected chi connectivity index (χ3v) is 5.00. The van der Waals surface area contributed by atoms with E-state index in [1.54, 1.807) is 32.9 Å². The van der Waals surface area contributed by atoms with Crippen molar-refractivity contribution in [3.8, 4) is 11.9 Å². The highest BCUT2D eigenvalue weighted by molar-refractivity contribution is 6.07. The number of amides is 2. The first-order valence-electron chi connectivity index (χ1n) is 10.9. The molecule has 0 spiro atoms. The zero-order valence-corrected chi connectivity index (χ0v) is 20.3. The van der Waals surface area contributed by atoms with Gasteiger partial charge in [0, 0.05) is 25.5 Å². The molecule has 0 saturated heterocycles. The zero-order chi connectivity index (χ0) is 26.9. The number of nitrogens with two attached hydrogens (primary N) is 1. The van der Waals surface area contributed by atoms with Gasteiger partial charge in [0.25, 0.3) is 11.5 Å². The number of aromatic nitrogens is 4. The summed E-state index contributed by atoms with van der Waals surface area (Å²) in [5.74, 6) is -0.820. The van der Waals surface area contributed by atoms with E-state index in [9.17, 15) is 14.4 Å². The Kier molecular flexibility index (Phi) is 6.33. The largest absolute Gasteiger partial charge is 0.443 e. The number of hydrogen-bond donors (Lipinski definition) is 2. The van der Waals surface area contributed by atoms with Crippen LogP contribution >= 0.6 is 0 Å². The molecule has 0 radical (unpaired) electrons. The van der Waals surface area contributed by atoms with Crippen LogP contribution in [0.25, 0.3) is 16.9 Å². The van der Waals surface area contributed by atoms with Gasteiger partial charge in [-0.1, -0.05) is 5.16 Å². The summed E-state index contributed by atoms with van der Waals surface area (Å²) in [6.07, 6.45) is 2.18. The highest BCUT2D eigenvalue weighted by Crippen LogP contribution is 2.31. The van der Waals surface area contributed by atoms with Crippen molar-refractivity contribution in [3.63, 3.8) is 0 Å². The molecule has 0 aliphatic heterocycles. The number of carbonyl (C=O) groups is 2. The Hall–Kier alpha value is -5.25. The predicted molar refractivity (Wildman–Crippen MR) is 133 cm³/mol. The minimum Gasteiger partial charge on any atom is -0.443 e. The Morgan fingerprint density at radius 1 is 1.24 bits per heavy atom. The van der Waals surface area contributed by atoms with Gasteiger partial charge in [0.1, 0.15) is 34.5 Å². The molecule has 2 amide bonds. The maximum absolute atomic E-state index is 13.2. The second-order valence-electron chi connectivity index (χ2n) is 8.88. The molecule has 3 N–H and O–H groups in total. The molecule has 37 heavy (non-hydrogen) atoms. The van der Waals surface area contributed by atoms with Crippen molar-refractivity contribution in [2.24, 2.45) is 5.73 Å². The zero-order valence-electron chi connectivity index (χ0n) is 20.3. The number of nitrogens with zero attached hydrogens (tertiary/aromatic N) is 6. The summed E-state index contributed by atoms with van der Waals surface area (Å²) in [4.78, 5) is 47.5. The molecule has 0 bridgehead atoms. The molecule has 4 heterocycles. The second kappa shape index (κ2) is 9.42. The smallest absolute Gasteiger partial charge is 0.414 e. The lowest BCUT2D eigenvalue weighted by molar-refractivity contribution is 0.0589. The average Bonchev–Trinajstić information content (AvgIpc) is 3.28. The second-order valence-corrected chi connectivity index (χ2v) is 8.88. The van der Waals surface area contributed by atoms with Crippen LogP contribution in [0.15, 0.2) is 52.0 Å². The monoisotopic (exact) mass is 502 g/mol. The third-order valence-electron chi connectivity index (χ3n) is 5.00. The molecular weight excluding hydrogens is 480 g/mol. The van der Waals surface area contributed by atoms with E-state index < -0.39 is 23.2 Å². The topological polar surface area (TPSA) is 182 Å². The number of rotatable bonds is 5. The van der Waals surface area contributed by atoms with Crippen molar-refractivity contribution < 1.29 is 18.8 Å². The molecule has 0 saturated carbocycles. The summed E-state index contributed by atoms with van der Waals surface area (Å²) in [6.45, 7) is 5.16. The Morgan fingerprint density at radius 3 is 2.62 bits per heavy atom. The summed E-state index contributed by atoms with van der Waals surface area (Å²) in [7, 11) is 1.46. The van der Waals surface area contributed by atoms with Gasteiger partial charge in [-0.15, -0.1) is 0 Å². The average molecular weight is 502 g/mol. The number of pyridine rings is 3. The van der Waals surface area contributed by atoms with Crippen molar-refractivity contribution in [3.05, 3.63) is 64.4 Å². The van der Waals surface area contributed by atoms with Crippen LogP contribution in [-0.2, 0) is 4.74 Å². The van der Waals surface area contributed by atoms with Crippen molar-refractivity contribution in [1.82, 2.24) is 19.7 Å². The molecule has 13 heteroatoms. The molecule has 0 unspecified atom stereocenters. The van der Waals surface area contributed by atoms with E-state index in [0.717, 1.165) is 0 Å². The van der Waals surface area contributed by atoms with Crippen LogP contribution in [0.1, 0.15) is 36.9 Å². The van der Waals surface area contributed by atoms with Crippen LogP contribution < -0.4 is 21.5 Å². The highest BCUT2D eigenvalue weighted by atomic mass is 16.6. The lowest BCUT2D eigenvalue weighted by Gasteiger charge is -2.25. The van der Waals surface area contributed by atoms with Gasteiger partial charge < -0.3 is 20.3 Å². The normalized spacial score (nSPS) is 11.1. The molecule has 0 aromatic carbocycles. The Morgan fingerprint density at radius 2 is 2.00 bits per heavy atom. The quantitative estimate of drug-likeness (QED) is 0.411. The molecular formula is C24H22N8O5. The molecule has 4 rings (SSSR count). The summed E-state index contributed by atoms with van der Waals surface area (Å²) in [5, 5.41) is 15.7. The third kappa shape index (κ3) is 5.08. The van der Waals surface area contributed by atoms with Crippen molar-refractivity contribution in [2.75, 3.05) is 17.3 Å². The van der Waals surface area contributed by atoms with Gasteiger partial charge in [-0.2, -0.15) is 5.26 Å². The van der Waals surface area contributed by atoms with Gasteiger partial charge in [-0.3, -0.25) is 19.1 Å². The number of nitriles is 1. The van der Waals surface area contributed by atoms with Crippen LogP contribution in [0.4, 0.5) is 22.0 Å². The maximum Gasteiger partial charge on any atom is 0.414 e. The van der Waals surface area contributed by atoms with Gasteiger partial charge in [0.15, 0.2) is 5.52 Å². The van der Waals surface area contributed by atoms with Crippen molar-refractivity contribution >= 4 is 40.2 Å². The fourth-order valence-electron chi connectivity index (χ4n) is 3.32. The molecule has 0 aliphatic carbocycles. The van der Waals surface area contributed by atoms with E-state index in [4.69, 9.17) is 20.3 Å². The SMILES string of the molecule is CN(C(=O)OC(C)(C)C)c1cc(Nc2cccn(-c3ccc(C#N)cn3)c2=O)nc2c(C(N)=O)onc12. The molecule has 4 aromatic rings. The summed E-state index contributed by atoms with van der Waals surface area (Å²) in [6, 6.07) is 9.64. The first kappa shape index (κ1) is 24.9. The molecule has 13 nitrogen and oxygen atoms in total. The molecule has 0 fully saturated rings. The molecule has 0 atom stereocenters. The number of anilines is 3. The molecule has 188 valence electrons. The van der Waals surface area contributed by atoms with Crippen molar-refractivity contribution in [1.29, 1.82) is 5.26 Å². The summed E-state index contributed by atoms with van der Waals surface area (Å²) < 4.78 is 11.8. The predicted octanol–water partition coefficient (Wildman–Crippen LogP) is 2.85. The first-order chi connectivity index (χ1) is 17.5. The Bertz CT molecular complexity index is 1610. The number of carbonyl (C=O) groups excluding carboxylic acids is 2. The fourth-order valence-corrected chi connectivity index (χ4v) is 3.32. The minimum atomic E-state index is -0.910. The van der Waals surface area contributed by atoms with E-state index in [0.29, 0.717) is 11.4 Å². The lowest BCUT2D eigenvalue weighted by Crippen LogP contribution is -2.34. The number of ether oxygens (including phenoxy) is 1. The van der Waals surface area contributed by atoms with Gasteiger partial charge in [0.2, 0.25) is 5.76 Å². The van der Waals surface area contributed by atoms with E-state index in [1.807, 2.05) is 6.07 Å². The number of hydrogen-bond acceptors (Lipinski definition) is 10. The van der Waals surface area contributed by atoms with E-state index in [2.05, 4.69) is 20.4 Å². The van der Waals surface area contributed by atoms with Gasteiger partial charge in [0.05, 0.1) is 11.3 Å². The number of fused-ring (bicyclic) bond motifs is 1. The van der Waals surface area contributed by atoms with Gasteiger partial charge in [-0.05, 0) is 45.0 Å². The van der Waals surface area contributed by atoms with Crippen LogP contribution in [0, 0.1) is 11.3 Å². The fraction of sp³-hybridized carbons (Fsp3) is 0.208. The van der Waals surface area contributed by atoms with Gasteiger partial charge in [-0.25, -0.2) is 14.8 Å². The summed E-state index contributed by atoms with van der Waals surface area (Å²) >= 11 is 0. The van der Waals surface area contributed by atoms with Crippen LogP contribution in [-0.4, -0.2) is 44.3 Å². The van der Waals surface area contributed by atoms with Crippen LogP contribution in [0.5, 0.6) is 0 Å². The number of primary amides is 1. The first-order valence-corrected chi connectivity index (χ1v) is 10.9. The van der Waals surface area contributed by atoms with Crippen LogP contribution in [0.3, 0.4) is 0 Å². The van der Waals surface area contributed by atoms with Gasteiger partial charge >= 0.3 is 6.09 Å². The van der Waals surface area contributed by atoms with E-state index in [1.165, 1.54) is 47.1 Å². The van der Waals surface area contributed by atoms with Crippen LogP contribution in [0.2, 0.25) is 0 Å². The minimum absolute atomic E-state index is 0.00655. The Balaban J connectivity index is 1.79. The highest BCUT2D eigenvalue weighted by Gasteiger charge is 2.26. The molecule has 0 aliphatic rings. The lowest BCUT2D eigenvalue weighted by atomic mass is 10.2. The van der Waals surface area contributed by atoms with Crippen molar-refractivity contribution in [2.45, 2.75) is 26.4 Å². The maximum atomic E-state index is 13.2.